The number of nitrogens with one attached hydrogen (secondary N) is 1. The second-order valence-electron chi connectivity index (χ2n) is 4.76. The molecule has 0 saturated carbocycles. The van der Waals surface area contributed by atoms with Crippen LogP contribution in [0.4, 0.5) is 0 Å². The predicted octanol–water partition coefficient (Wildman–Crippen LogP) is 4.79. The zero-order valence-electron chi connectivity index (χ0n) is 10.6. The Labute approximate surface area is 124 Å². The quantitative estimate of drug-likeness (QED) is 0.839. The highest BCUT2D eigenvalue weighted by molar-refractivity contribution is 7.99. The monoisotopic (exact) mass is 303 g/mol. The SMILES string of the molecule is CCC(NCC1CCSC1)c1ccc(Cl)cc1Cl. The minimum absolute atomic E-state index is 0.334. The second-order valence-corrected chi connectivity index (χ2v) is 6.76. The van der Waals surface area contributed by atoms with E-state index >= 15 is 0 Å². The average molecular weight is 304 g/mol. The minimum atomic E-state index is 0.334. The molecule has 18 heavy (non-hydrogen) atoms. The molecule has 1 N–H and O–H groups in total. The largest absolute Gasteiger partial charge is 0.310 e. The van der Waals surface area contributed by atoms with Crippen LogP contribution in [0.1, 0.15) is 31.4 Å². The van der Waals surface area contributed by atoms with Crippen molar-refractivity contribution in [1.29, 1.82) is 0 Å². The summed E-state index contributed by atoms with van der Waals surface area (Å²) in [7, 11) is 0. The van der Waals surface area contributed by atoms with E-state index in [4.69, 9.17) is 23.2 Å². The number of hydrogen-bond acceptors (Lipinski definition) is 2. The van der Waals surface area contributed by atoms with Crippen molar-refractivity contribution in [3.8, 4) is 0 Å². The van der Waals surface area contributed by atoms with E-state index in [-0.39, 0.29) is 0 Å². The number of thioether (sulfide) groups is 1. The zero-order valence-corrected chi connectivity index (χ0v) is 12.9. The van der Waals surface area contributed by atoms with Crippen LogP contribution >= 0.6 is 35.0 Å². The number of hydrogen-bond donors (Lipinski definition) is 1. The van der Waals surface area contributed by atoms with Crippen molar-refractivity contribution in [3.63, 3.8) is 0 Å². The van der Waals surface area contributed by atoms with E-state index in [1.165, 1.54) is 17.9 Å². The van der Waals surface area contributed by atoms with E-state index in [2.05, 4.69) is 24.0 Å². The Hall–Kier alpha value is 0.110. The fourth-order valence-corrected chi connectivity index (χ4v) is 4.14. The Morgan fingerprint density at radius 3 is 2.89 bits per heavy atom. The maximum absolute atomic E-state index is 6.27. The van der Waals surface area contributed by atoms with E-state index in [0.717, 1.165) is 29.5 Å². The van der Waals surface area contributed by atoms with E-state index < -0.39 is 0 Å². The third kappa shape index (κ3) is 3.80. The van der Waals surface area contributed by atoms with Crippen molar-refractivity contribution in [2.75, 3.05) is 18.1 Å². The third-order valence-corrected chi connectivity index (χ3v) is 5.22. The fraction of sp³-hybridized carbons (Fsp3) is 0.571. The topological polar surface area (TPSA) is 12.0 Å². The Morgan fingerprint density at radius 2 is 2.28 bits per heavy atom. The molecule has 1 aromatic rings. The zero-order chi connectivity index (χ0) is 13.0. The van der Waals surface area contributed by atoms with Gasteiger partial charge in [0.25, 0.3) is 0 Å². The highest BCUT2D eigenvalue weighted by Crippen LogP contribution is 2.29. The molecule has 0 radical (unpaired) electrons. The number of benzene rings is 1. The van der Waals surface area contributed by atoms with E-state index in [9.17, 15) is 0 Å². The molecule has 1 aliphatic heterocycles. The van der Waals surface area contributed by atoms with E-state index in [1.54, 1.807) is 0 Å². The molecule has 0 spiro atoms. The Kier molecular flexibility index (Phi) is 5.68. The molecule has 2 rings (SSSR count). The van der Waals surface area contributed by atoms with Gasteiger partial charge in [0.15, 0.2) is 0 Å². The molecular weight excluding hydrogens is 285 g/mol. The van der Waals surface area contributed by atoms with Gasteiger partial charge in [0.05, 0.1) is 0 Å². The Morgan fingerprint density at radius 1 is 1.44 bits per heavy atom. The van der Waals surface area contributed by atoms with Crippen molar-refractivity contribution in [1.82, 2.24) is 5.32 Å². The first-order valence-electron chi connectivity index (χ1n) is 6.46. The van der Waals surface area contributed by atoms with Gasteiger partial charge in [-0.2, -0.15) is 11.8 Å². The van der Waals surface area contributed by atoms with Crippen LogP contribution in [-0.2, 0) is 0 Å². The molecule has 0 aromatic heterocycles. The lowest BCUT2D eigenvalue weighted by Gasteiger charge is -2.21. The molecule has 100 valence electrons. The smallest absolute Gasteiger partial charge is 0.0468 e. The van der Waals surface area contributed by atoms with Crippen molar-refractivity contribution in [2.24, 2.45) is 5.92 Å². The normalized spacial score (nSPS) is 21.2. The van der Waals surface area contributed by atoms with Gasteiger partial charge in [0, 0.05) is 16.1 Å². The lowest BCUT2D eigenvalue weighted by molar-refractivity contribution is 0.451. The molecule has 1 fully saturated rings. The van der Waals surface area contributed by atoms with Gasteiger partial charge in [0.2, 0.25) is 0 Å². The molecule has 0 aliphatic carbocycles. The van der Waals surface area contributed by atoms with Crippen molar-refractivity contribution in [3.05, 3.63) is 33.8 Å². The van der Waals surface area contributed by atoms with Crippen LogP contribution in [0.3, 0.4) is 0 Å². The minimum Gasteiger partial charge on any atom is -0.310 e. The molecule has 0 amide bonds. The molecule has 1 aliphatic rings. The van der Waals surface area contributed by atoms with Crippen LogP contribution in [0.15, 0.2) is 18.2 Å². The molecule has 1 heterocycles. The van der Waals surface area contributed by atoms with Gasteiger partial charge >= 0.3 is 0 Å². The van der Waals surface area contributed by atoms with Gasteiger partial charge in [0.1, 0.15) is 0 Å². The molecule has 2 unspecified atom stereocenters. The molecule has 1 nitrogen and oxygen atoms in total. The van der Waals surface area contributed by atoms with Gasteiger partial charge in [-0.3, -0.25) is 0 Å². The second kappa shape index (κ2) is 7.04. The standard InChI is InChI=1S/C14H19Cl2NS/c1-2-14(17-8-10-5-6-18-9-10)12-4-3-11(15)7-13(12)16/h3-4,7,10,14,17H,2,5-6,8-9H2,1H3. The summed E-state index contributed by atoms with van der Waals surface area (Å²) in [6.07, 6.45) is 2.38. The van der Waals surface area contributed by atoms with Gasteiger partial charge in [-0.15, -0.1) is 0 Å². The summed E-state index contributed by atoms with van der Waals surface area (Å²) in [5.74, 6) is 3.41. The van der Waals surface area contributed by atoms with Crippen LogP contribution in [0.25, 0.3) is 0 Å². The fourth-order valence-electron chi connectivity index (χ4n) is 2.31. The molecule has 0 bridgehead atoms. The van der Waals surface area contributed by atoms with Crippen LogP contribution in [0, 0.1) is 5.92 Å². The van der Waals surface area contributed by atoms with E-state index in [0.29, 0.717) is 11.1 Å². The lowest BCUT2D eigenvalue weighted by Crippen LogP contribution is -2.27. The van der Waals surface area contributed by atoms with Crippen LogP contribution in [-0.4, -0.2) is 18.1 Å². The first-order chi connectivity index (χ1) is 8.70. The summed E-state index contributed by atoms with van der Waals surface area (Å²) in [6.45, 7) is 3.27. The van der Waals surface area contributed by atoms with Crippen LogP contribution < -0.4 is 5.32 Å². The summed E-state index contributed by atoms with van der Waals surface area (Å²) < 4.78 is 0. The van der Waals surface area contributed by atoms with Crippen molar-refractivity contribution < 1.29 is 0 Å². The van der Waals surface area contributed by atoms with Gasteiger partial charge < -0.3 is 5.32 Å². The third-order valence-electron chi connectivity index (χ3n) is 3.42. The molecule has 1 saturated heterocycles. The summed E-state index contributed by atoms with van der Waals surface area (Å²) in [4.78, 5) is 0. The highest BCUT2D eigenvalue weighted by Gasteiger charge is 2.18. The number of rotatable bonds is 5. The highest BCUT2D eigenvalue weighted by atomic mass is 35.5. The summed E-state index contributed by atoms with van der Waals surface area (Å²) in [5, 5.41) is 5.11. The Balaban J connectivity index is 1.98. The van der Waals surface area contributed by atoms with Crippen molar-refractivity contribution >= 4 is 35.0 Å². The first-order valence-corrected chi connectivity index (χ1v) is 8.37. The summed E-state index contributed by atoms with van der Waals surface area (Å²) in [6, 6.07) is 6.11. The molecule has 2 atom stereocenters. The molecular formula is C14H19Cl2NS. The average Bonchev–Trinajstić information content (AvgIpc) is 2.85. The van der Waals surface area contributed by atoms with E-state index in [1.807, 2.05) is 18.2 Å². The summed E-state index contributed by atoms with van der Waals surface area (Å²) in [5.41, 5.74) is 1.16. The molecule has 1 aromatic carbocycles. The van der Waals surface area contributed by atoms with Crippen molar-refractivity contribution in [2.45, 2.75) is 25.8 Å². The predicted molar refractivity (Wildman–Crippen MR) is 82.9 cm³/mol. The van der Waals surface area contributed by atoms with Gasteiger partial charge in [-0.1, -0.05) is 36.2 Å². The molecule has 4 heteroatoms. The Bertz CT molecular complexity index is 391. The van der Waals surface area contributed by atoms with Crippen LogP contribution in [0.2, 0.25) is 10.0 Å². The summed E-state index contributed by atoms with van der Waals surface area (Å²) >= 11 is 14.3. The van der Waals surface area contributed by atoms with Crippen LogP contribution in [0.5, 0.6) is 0 Å². The van der Waals surface area contributed by atoms with Gasteiger partial charge in [-0.25, -0.2) is 0 Å². The lowest BCUT2D eigenvalue weighted by atomic mass is 10.0. The first kappa shape index (κ1) is 14.5. The van der Waals surface area contributed by atoms with Gasteiger partial charge in [-0.05, 0) is 54.5 Å². The maximum atomic E-state index is 6.27. The number of halogens is 2. The maximum Gasteiger partial charge on any atom is 0.0468 e.